The molecule has 0 saturated carbocycles. The van der Waals surface area contributed by atoms with Gasteiger partial charge in [0.05, 0.1) is 6.61 Å². The van der Waals surface area contributed by atoms with Crippen molar-refractivity contribution in [2.24, 2.45) is 0 Å². The summed E-state index contributed by atoms with van der Waals surface area (Å²) in [5.41, 5.74) is 2.25. The van der Waals surface area contributed by atoms with E-state index in [0.29, 0.717) is 13.1 Å². The van der Waals surface area contributed by atoms with E-state index in [2.05, 4.69) is 22.3 Å². The van der Waals surface area contributed by atoms with Gasteiger partial charge in [-0.3, -0.25) is 0 Å². The van der Waals surface area contributed by atoms with Gasteiger partial charge in [-0.2, -0.15) is 0 Å². The van der Waals surface area contributed by atoms with Crippen LogP contribution in [0, 0.1) is 0 Å². The Labute approximate surface area is 148 Å². The molecule has 0 radical (unpaired) electrons. The molecule has 25 heavy (non-hydrogen) atoms. The molecule has 1 aliphatic heterocycles. The van der Waals surface area contributed by atoms with Gasteiger partial charge in [-0.1, -0.05) is 48.5 Å². The van der Waals surface area contributed by atoms with Crippen molar-refractivity contribution in [3.8, 4) is 0 Å². The van der Waals surface area contributed by atoms with Crippen molar-refractivity contribution in [1.82, 2.24) is 10.2 Å². The van der Waals surface area contributed by atoms with Gasteiger partial charge in [0.15, 0.2) is 0 Å². The quantitative estimate of drug-likeness (QED) is 0.850. The summed E-state index contributed by atoms with van der Waals surface area (Å²) in [5.74, 6) is 0. The van der Waals surface area contributed by atoms with Crippen LogP contribution in [0.25, 0.3) is 0 Å². The van der Waals surface area contributed by atoms with E-state index in [-0.39, 0.29) is 18.7 Å². The molecular weight excluding hydrogens is 314 g/mol. The number of carbonyl (C=O) groups is 1. The molecule has 1 fully saturated rings. The number of benzene rings is 2. The Morgan fingerprint density at radius 2 is 1.80 bits per heavy atom. The van der Waals surface area contributed by atoms with E-state index in [0.717, 1.165) is 25.1 Å². The van der Waals surface area contributed by atoms with Crippen molar-refractivity contribution in [3.63, 3.8) is 0 Å². The van der Waals surface area contributed by atoms with Gasteiger partial charge < -0.3 is 20.2 Å². The Kier molecular flexibility index (Phi) is 5.90. The molecule has 0 aliphatic carbocycles. The molecule has 3 rings (SSSR count). The Morgan fingerprint density at radius 1 is 1.12 bits per heavy atom. The zero-order chi connectivity index (χ0) is 17.5. The molecule has 1 heterocycles. The van der Waals surface area contributed by atoms with Crippen molar-refractivity contribution >= 4 is 11.7 Å². The molecule has 0 spiro atoms. The summed E-state index contributed by atoms with van der Waals surface area (Å²) >= 11 is 0. The molecule has 0 bridgehead atoms. The van der Waals surface area contributed by atoms with Crippen molar-refractivity contribution in [1.29, 1.82) is 0 Å². The maximum absolute atomic E-state index is 12.6. The Morgan fingerprint density at radius 3 is 2.48 bits per heavy atom. The van der Waals surface area contributed by atoms with Gasteiger partial charge in [-0.15, -0.1) is 0 Å². The van der Waals surface area contributed by atoms with E-state index in [9.17, 15) is 9.90 Å². The number of rotatable bonds is 6. The number of nitrogens with one attached hydrogen (secondary N) is 1. The highest BCUT2D eigenvalue weighted by Crippen LogP contribution is 2.19. The summed E-state index contributed by atoms with van der Waals surface area (Å²) in [6.45, 7) is 2.54. The first-order valence-corrected chi connectivity index (χ1v) is 8.76. The third-order valence-electron chi connectivity index (χ3n) is 4.51. The second-order valence-electron chi connectivity index (χ2n) is 6.35. The average Bonchev–Trinajstić information content (AvgIpc) is 3.11. The zero-order valence-corrected chi connectivity index (χ0v) is 14.3. The predicted molar refractivity (Wildman–Crippen MR) is 99.5 cm³/mol. The number of aliphatic hydroxyl groups is 1. The number of amides is 2. The van der Waals surface area contributed by atoms with Crippen molar-refractivity contribution < 1.29 is 9.90 Å². The molecule has 1 unspecified atom stereocenters. The number of anilines is 1. The van der Waals surface area contributed by atoms with E-state index in [1.54, 1.807) is 4.90 Å². The SMILES string of the molecule is O=C(NC1CCN(c2ccccc2)C1)N(CCO)Cc1ccccc1. The van der Waals surface area contributed by atoms with Gasteiger partial charge in [0.2, 0.25) is 0 Å². The van der Waals surface area contributed by atoms with E-state index in [1.165, 1.54) is 5.69 Å². The second kappa shape index (κ2) is 8.53. The van der Waals surface area contributed by atoms with Gasteiger partial charge >= 0.3 is 6.03 Å². The highest BCUT2D eigenvalue weighted by Gasteiger charge is 2.25. The summed E-state index contributed by atoms with van der Waals surface area (Å²) in [6.07, 6.45) is 0.930. The standard InChI is InChI=1S/C20H25N3O2/c24-14-13-23(15-17-7-3-1-4-8-17)20(25)21-18-11-12-22(16-18)19-9-5-2-6-10-19/h1-10,18,24H,11-16H2,(H,21,25). The normalized spacial score (nSPS) is 16.7. The van der Waals surface area contributed by atoms with Gasteiger partial charge in [0, 0.05) is 37.9 Å². The van der Waals surface area contributed by atoms with Crippen LogP contribution in [0.5, 0.6) is 0 Å². The topological polar surface area (TPSA) is 55.8 Å². The van der Waals surface area contributed by atoms with E-state index in [4.69, 9.17) is 0 Å². The summed E-state index contributed by atoms with van der Waals surface area (Å²) in [4.78, 5) is 16.6. The lowest BCUT2D eigenvalue weighted by Crippen LogP contribution is -2.46. The van der Waals surface area contributed by atoms with Crippen LogP contribution in [0.4, 0.5) is 10.5 Å². The molecular formula is C20H25N3O2. The third kappa shape index (κ3) is 4.73. The summed E-state index contributed by atoms with van der Waals surface area (Å²) in [5, 5.41) is 12.4. The number of hydrogen-bond acceptors (Lipinski definition) is 3. The summed E-state index contributed by atoms with van der Waals surface area (Å²) in [6, 6.07) is 20.1. The minimum absolute atomic E-state index is 0.0406. The van der Waals surface area contributed by atoms with Crippen LogP contribution < -0.4 is 10.2 Å². The van der Waals surface area contributed by atoms with Crippen LogP contribution in [0.1, 0.15) is 12.0 Å². The molecule has 2 aromatic rings. The first-order valence-electron chi connectivity index (χ1n) is 8.76. The average molecular weight is 339 g/mol. The Hall–Kier alpha value is -2.53. The second-order valence-corrected chi connectivity index (χ2v) is 6.35. The lowest BCUT2D eigenvalue weighted by Gasteiger charge is -2.25. The number of para-hydroxylation sites is 1. The molecule has 1 aliphatic rings. The minimum Gasteiger partial charge on any atom is -0.395 e. The van der Waals surface area contributed by atoms with Crippen LogP contribution in [0.15, 0.2) is 60.7 Å². The predicted octanol–water partition coefficient (Wildman–Crippen LogP) is 2.47. The largest absolute Gasteiger partial charge is 0.395 e. The molecule has 5 nitrogen and oxygen atoms in total. The highest BCUT2D eigenvalue weighted by atomic mass is 16.3. The molecule has 132 valence electrons. The van der Waals surface area contributed by atoms with E-state index in [1.807, 2.05) is 48.5 Å². The van der Waals surface area contributed by atoms with Crippen molar-refractivity contribution in [2.45, 2.75) is 19.0 Å². The first kappa shape index (κ1) is 17.3. The smallest absolute Gasteiger partial charge is 0.318 e. The highest BCUT2D eigenvalue weighted by molar-refractivity contribution is 5.74. The molecule has 0 aromatic heterocycles. The van der Waals surface area contributed by atoms with Crippen LogP contribution in [0.2, 0.25) is 0 Å². The van der Waals surface area contributed by atoms with Crippen LogP contribution >= 0.6 is 0 Å². The number of urea groups is 1. The number of nitrogens with zero attached hydrogens (tertiary/aromatic N) is 2. The van der Waals surface area contributed by atoms with Gasteiger partial charge in [0.1, 0.15) is 0 Å². The number of carbonyl (C=O) groups excluding carboxylic acids is 1. The minimum atomic E-state index is -0.113. The van der Waals surface area contributed by atoms with Crippen molar-refractivity contribution in [2.75, 3.05) is 31.1 Å². The van der Waals surface area contributed by atoms with E-state index < -0.39 is 0 Å². The molecule has 2 N–H and O–H groups in total. The zero-order valence-electron chi connectivity index (χ0n) is 14.3. The molecule has 2 aromatic carbocycles. The van der Waals surface area contributed by atoms with Gasteiger partial charge in [-0.05, 0) is 24.1 Å². The Balaban J connectivity index is 1.56. The maximum Gasteiger partial charge on any atom is 0.318 e. The number of aliphatic hydroxyl groups excluding tert-OH is 1. The Bertz CT molecular complexity index is 663. The summed E-state index contributed by atoms with van der Waals surface area (Å²) in [7, 11) is 0. The molecule has 2 amide bonds. The maximum atomic E-state index is 12.6. The monoisotopic (exact) mass is 339 g/mol. The van der Waals surface area contributed by atoms with Crippen LogP contribution in [-0.2, 0) is 6.54 Å². The summed E-state index contributed by atoms with van der Waals surface area (Å²) < 4.78 is 0. The molecule has 5 heteroatoms. The number of hydrogen-bond donors (Lipinski definition) is 2. The lowest BCUT2D eigenvalue weighted by atomic mass is 10.2. The van der Waals surface area contributed by atoms with Crippen molar-refractivity contribution in [3.05, 3.63) is 66.2 Å². The fourth-order valence-electron chi connectivity index (χ4n) is 3.19. The fraction of sp³-hybridized carbons (Fsp3) is 0.350. The molecule has 1 atom stereocenters. The van der Waals surface area contributed by atoms with Crippen LogP contribution in [-0.4, -0.2) is 48.3 Å². The third-order valence-corrected chi connectivity index (χ3v) is 4.51. The fourth-order valence-corrected chi connectivity index (χ4v) is 3.19. The van der Waals surface area contributed by atoms with Crippen LogP contribution in [0.3, 0.4) is 0 Å². The molecule has 1 saturated heterocycles. The first-order chi connectivity index (χ1) is 12.3. The lowest BCUT2D eigenvalue weighted by molar-refractivity contribution is 0.171. The van der Waals surface area contributed by atoms with Gasteiger partial charge in [0.25, 0.3) is 0 Å². The van der Waals surface area contributed by atoms with Gasteiger partial charge in [-0.25, -0.2) is 4.79 Å². The van der Waals surface area contributed by atoms with E-state index >= 15 is 0 Å².